The molecule has 0 unspecified atom stereocenters. The van der Waals surface area contributed by atoms with E-state index >= 15 is 0 Å². The lowest BCUT2D eigenvalue weighted by atomic mass is 9.85. The van der Waals surface area contributed by atoms with Gasteiger partial charge in [0, 0.05) is 12.0 Å². The van der Waals surface area contributed by atoms with Crippen LogP contribution >= 0.6 is 0 Å². The molecule has 0 heterocycles. The second-order valence-corrected chi connectivity index (χ2v) is 5.04. The van der Waals surface area contributed by atoms with Crippen molar-refractivity contribution in [3.05, 3.63) is 0 Å². The van der Waals surface area contributed by atoms with E-state index in [1.165, 1.54) is 12.8 Å². The van der Waals surface area contributed by atoms with Gasteiger partial charge in [0.2, 0.25) is 5.91 Å². The first-order valence-corrected chi connectivity index (χ1v) is 6.70. The summed E-state index contributed by atoms with van der Waals surface area (Å²) >= 11 is 0. The third-order valence-electron chi connectivity index (χ3n) is 3.98. The van der Waals surface area contributed by atoms with Crippen LogP contribution in [0.15, 0.2) is 0 Å². The Balaban J connectivity index is 2.19. The molecule has 0 atom stereocenters. The molecular weight excluding hydrogens is 200 g/mol. The number of nitrogens with one attached hydrogen (secondary N) is 1. The van der Waals surface area contributed by atoms with Crippen molar-refractivity contribution >= 4 is 5.91 Å². The molecule has 0 radical (unpaired) electrons. The van der Waals surface area contributed by atoms with E-state index in [0.717, 1.165) is 38.1 Å². The summed E-state index contributed by atoms with van der Waals surface area (Å²) in [6, 6.07) is 0.608. The lowest BCUT2D eigenvalue weighted by Crippen LogP contribution is -2.38. The number of hydrogen-bond donors (Lipinski definition) is 2. The second-order valence-electron chi connectivity index (χ2n) is 5.04. The Hall–Kier alpha value is -0.570. The number of amides is 1. The van der Waals surface area contributed by atoms with Crippen LogP contribution in [0.1, 0.15) is 52.4 Å². The molecule has 1 amide bonds. The number of rotatable bonds is 6. The molecule has 0 bridgehead atoms. The average Bonchev–Trinajstić information content (AvgIpc) is 2.31. The fourth-order valence-corrected chi connectivity index (χ4v) is 2.49. The minimum atomic E-state index is -0.113. The molecule has 1 fully saturated rings. The van der Waals surface area contributed by atoms with Crippen LogP contribution in [0.2, 0.25) is 0 Å². The molecule has 0 saturated heterocycles. The minimum Gasteiger partial charge on any atom is -0.369 e. The number of hydrogen-bond acceptors (Lipinski definition) is 2. The highest BCUT2D eigenvalue weighted by atomic mass is 16.1. The van der Waals surface area contributed by atoms with Crippen molar-refractivity contribution in [2.45, 2.75) is 58.4 Å². The van der Waals surface area contributed by atoms with Crippen molar-refractivity contribution in [3.63, 3.8) is 0 Å². The molecule has 94 valence electrons. The van der Waals surface area contributed by atoms with Crippen molar-refractivity contribution in [2.75, 3.05) is 6.54 Å². The fourth-order valence-electron chi connectivity index (χ4n) is 2.49. The van der Waals surface area contributed by atoms with Gasteiger partial charge in [0.05, 0.1) is 0 Å². The van der Waals surface area contributed by atoms with Gasteiger partial charge in [0.1, 0.15) is 0 Å². The van der Waals surface area contributed by atoms with E-state index in [9.17, 15) is 4.79 Å². The molecule has 3 N–H and O–H groups in total. The van der Waals surface area contributed by atoms with E-state index in [2.05, 4.69) is 19.2 Å². The molecule has 0 aromatic rings. The van der Waals surface area contributed by atoms with Gasteiger partial charge in [-0.05, 0) is 38.1 Å². The molecule has 0 aliphatic heterocycles. The standard InChI is InChI=1S/C13H26N2O/c1-3-10(4-2)9-15-12-7-5-11(6-8-12)13(14)16/h10-12,15H,3-9H2,1-2H3,(H2,14,16). The zero-order valence-electron chi connectivity index (χ0n) is 10.7. The van der Waals surface area contributed by atoms with Crippen LogP contribution in [-0.4, -0.2) is 18.5 Å². The van der Waals surface area contributed by atoms with Crippen LogP contribution in [0.3, 0.4) is 0 Å². The second kappa shape index (κ2) is 6.89. The summed E-state index contributed by atoms with van der Waals surface area (Å²) in [5, 5.41) is 3.63. The highest BCUT2D eigenvalue weighted by Crippen LogP contribution is 2.24. The van der Waals surface area contributed by atoms with Crippen LogP contribution in [0.5, 0.6) is 0 Å². The van der Waals surface area contributed by atoms with Gasteiger partial charge in [0.15, 0.2) is 0 Å². The van der Waals surface area contributed by atoms with Gasteiger partial charge in [-0.2, -0.15) is 0 Å². The Kier molecular flexibility index (Phi) is 5.81. The predicted octanol–water partition coefficient (Wildman–Crippen LogP) is 2.06. The zero-order valence-corrected chi connectivity index (χ0v) is 10.7. The first-order chi connectivity index (χ1) is 7.67. The van der Waals surface area contributed by atoms with Crippen LogP contribution < -0.4 is 11.1 Å². The molecular formula is C13H26N2O. The monoisotopic (exact) mass is 226 g/mol. The quantitative estimate of drug-likeness (QED) is 0.728. The maximum Gasteiger partial charge on any atom is 0.220 e. The first kappa shape index (κ1) is 13.5. The maximum absolute atomic E-state index is 11.0. The Bertz CT molecular complexity index is 206. The molecule has 3 nitrogen and oxygen atoms in total. The Morgan fingerprint density at radius 2 is 1.81 bits per heavy atom. The molecule has 0 aromatic carbocycles. The van der Waals surface area contributed by atoms with Crippen molar-refractivity contribution < 1.29 is 4.79 Å². The minimum absolute atomic E-state index is 0.113. The Morgan fingerprint density at radius 1 is 1.25 bits per heavy atom. The molecule has 16 heavy (non-hydrogen) atoms. The summed E-state index contributed by atoms with van der Waals surface area (Å²) in [6.07, 6.45) is 6.65. The topological polar surface area (TPSA) is 55.1 Å². The smallest absolute Gasteiger partial charge is 0.220 e. The van der Waals surface area contributed by atoms with Crippen LogP contribution in [0.4, 0.5) is 0 Å². The van der Waals surface area contributed by atoms with Gasteiger partial charge >= 0.3 is 0 Å². The van der Waals surface area contributed by atoms with Crippen LogP contribution in [-0.2, 0) is 4.79 Å². The number of primary amides is 1. The Morgan fingerprint density at radius 3 is 2.25 bits per heavy atom. The summed E-state index contributed by atoms with van der Waals surface area (Å²) in [5.74, 6) is 0.818. The van der Waals surface area contributed by atoms with Gasteiger partial charge < -0.3 is 11.1 Å². The number of carbonyl (C=O) groups excluding carboxylic acids is 1. The van der Waals surface area contributed by atoms with Gasteiger partial charge in [-0.25, -0.2) is 0 Å². The number of carbonyl (C=O) groups is 1. The molecule has 0 spiro atoms. The van der Waals surface area contributed by atoms with E-state index in [-0.39, 0.29) is 11.8 Å². The molecule has 1 aliphatic rings. The average molecular weight is 226 g/mol. The van der Waals surface area contributed by atoms with Crippen molar-refractivity contribution in [3.8, 4) is 0 Å². The van der Waals surface area contributed by atoms with Gasteiger partial charge in [-0.3, -0.25) is 4.79 Å². The molecule has 1 aliphatic carbocycles. The van der Waals surface area contributed by atoms with Crippen molar-refractivity contribution in [1.82, 2.24) is 5.32 Å². The highest BCUT2D eigenvalue weighted by Gasteiger charge is 2.24. The van der Waals surface area contributed by atoms with Gasteiger partial charge in [-0.1, -0.05) is 26.7 Å². The molecule has 3 heteroatoms. The summed E-state index contributed by atoms with van der Waals surface area (Å²) in [4.78, 5) is 11.0. The first-order valence-electron chi connectivity index (χ1n) is 6.70. The fraction of sp³-hybridized carbons (Fsp3) is 0.923. The predicted molar refractivity (Wildman–Crippen MR) is 67.0 cm³/mol. The van der Waals surface area contributed by atoms with E-state index < -0.39 is 0 Å². The van der Waals surface area contributed by atoms with E-state index in [0.29, 0.717) is 6.04 Å². The van der Waals surface area contributed by atoms with Crippen LogP contribution in [0, 0.1) is 11.8 Å². The highest BCUT2D eigenvalue weighted by molar-refractivity contribution is 5.76. The van der Waals surface area contributed by atoms with Crippen molar-refractivity contribution in [1.29, 1.82) is 0 Å². The maximum atomic E-state index is 11.0. The number of nitrogens with two attached hydrogens (primary N) is 1. The third kappa shape index (κ3) is 4.12. The van der Waals surface area contributed by atoms with E-state index in [1.807, 2.05) is 0 Å². The largest absolute Gasteiger partial charge is 0.369 e. The van der Waals surface area contributed by atoms with Gasteiger partial charge in [-0.15, -0.1) is 0 Å². The van der Waals surface area contributed by atoms with Crippen molar-refractivity contribution in [2.24, 2.45) is 17.6 Å². The summed E-state index contributed by atoms with van der Waals surface area (Å²) in [7, 11) is 0. The molecule has 1 rings (SSSR count). The Labute approximate surface area is 99.2 Å². The van der Waals surface area contributed by atoms with E-state index in [1.54, 1.807) is 0 Å². The van der Waals surface area contributed by atoms with Gasteiger partial charge in [0.25, 0.3) is 0 Å². The normalized spacial score (nSPS) is 25.9. The SMILES string of the molecule is CCC(CC)CNC1CCC(C(N)=O)CC1. The molecule has 1 saturated carbocycles. The molecule has 0 aromatic heterocycles. The summed E-state index contributed by atoms with van der Waals surface area (Å²) in [5.41, 5.74) is 5.32. The summed E-state index contributed by atoms with van der Waals surface area (Å²) in [6.45, 7) is 5.62. The lowest BCUT2D eigenvalue weighted by Gasteiger charge is -2.28. The summed E-state index contributed by atoms with van der Waals surface area (Å²) < 4.78 is 0. The zero-order chi connectivity index (χ0) is 12.0. The van der Waals surface area contributed by atoms with E-state index in [4.69, 9.17) is 5.73 Å². The lowest BCUT2D eigenvalue weighted by molar-refractivity contribution is -0.122. The third-order valence-corrected chi connectivity index (χ3v) is 3.98. The van der Waals surface area contributed by atoms with Crippen LogP contribution in [0.25, 0.3) is 0 Å².